The zero-order valence-corrected chi connectivity index (χ0v) is 13.6. The molecule has 0 radical (unpaired) electrons. The van der Waals surface area contributed by atoms with E-state index in [4.69, 9.17) is 9.47 Å². The Hall–Kier alpha value is -1.79. The van der Waals surface area contributed by atoms with Crippen molar-refractivity contribution in [3.8, 4) is 11.5 Å². The van der Waals surface area contributed by atoms with E-state index in [2.05, 4.69) is 15.5 Å². The SMILES string of the molecule is CC(C(=O)NCCc1ccc2c(c1)OCCO2)N1CCNCC1. The highest BCUT2D eigenvalue weighted by Gasteiger charge is 2.22. The summed E-state index contributed by atoms with van der Waals surface area (Å²) in [4.78, 5) is 14.5. The quantitative estimate of drug-likeness (QED) is 0.823. The first-order valence-electron chi connectivity index (χ1n) is 8.35. The second-order valence-electron chi connectivity index (χ2n) is 5.98. The van der Waals surface area contributed by atoms with Crippen LogP contribution in [0.4, 0.5) is 0 Å². The molecule has 2 N–H and O–H groups in total. The number of nitrogens with one attached hydrogen (secondary N) is 2. The number of piperazine rings is 1. The van der Waals surface area contributed by atoms with Crippen LogP contribution < -0.4 is 20.1 Å². The molecule has 0 spiro atoms. The molecule has 1 aromatic carbocycles. The first-order chi connectivity index (χ1) is 11.2. The average Bonchev–Trinajstić information content (AvgIpc) is 2.61. The summed E-state index contributed by atoms with van der Waals surface area (Å²) in [7, 11) is 0. The van der Waals surface area contributed by atoms with Crippen LogP contribution in [0.3, 0.4) is 0 Å². The number of hydrogen-bond acceptors (Lipinski definition) is 5. The lowest BCUT2D eigenvalue weighted by Crippen LogP contribution is -2.52. The summed E-state index contributed by atoms with van der Waals surface area (Å²) in [5.41, 5.74) is 1.14. The molecule has 0 aromatic heterocycles. The lowest BCUT2D eigenvalue weighted by Gasteiger charge is -2.31. The zero-order chi connectivity index (χ0) is 16.1. The highest BCUT2D eigenvalue weighted by molar-refractivity contribution is 5.81. The highest BCUT2D eigenvalue weighted by atomic mass is 16.6. The highest BCUT2D eigenvalue weighted by Crippen LogP contribution is 2.30. The molecular weight excluding hydrogens is 294 g/mol. The molecule has 1 unspecified atom stereocenters. The number of fused-ring (bicyclic) bond motifs is 1. The largest absolute Gasteiger partial charge is 0.486 e. The minimum Gasteiger partial charge on any atom is -0.486 e. The molecular formula is C17H25N3O3. The first kappa shape index (κ1) is 16.1. The van der Waals surface area contributed by atoms with Gasteiger partial charge < -0.3 is 20.1 Å². The predicted octanol–water partition coefficient (Wildman–Crippen LogP) is 0.410. The molecule has 2 aliphatic rings. The van der Waals surface area contributed by atoms with Crippen LogP contribution in [-0.2, 0) is 11.2 Å². The summed E-state index contributed by atoms with van der Waals surface area (Å²) in [6.45, 7) is 7.57. The number of benzene rings is 1. The Morgan fingerprint density at radius 1 is 1.26 bits per heavy atom. The molecule has 1 saturated heterocycles. The lowest BCUT2D eigenvalue weighted by atomic mass is 10.1. The maximum Gasteiger partial charge on any atom is 0.237 e. The summed E-state index contributed by atoms with van der Waals surface area (Å²) >= 11 is 0. The Bertz CT molecular complexity index is 544. The van der Waals surface area contributed by atoms with E-state index in [9.17, 15) is 4.79 Å². The van der Waals surface area contributed by atoms with E-state index in [1.165, 1.54) is 0 Å². The number of ether oxygens (including phenoxy) is 2. The number of hydrogen-bond donors (Lipinski definition) is 2. The first-order valence-corrected chi connectivity index (χ1v) is 8.35. The van der Waals surface area contributed by atoms with Gasteiger partial charge in [-0.05, 0) is 31.0 Å². The number of rotatable bonds is 5. The predicted molar refractivity (Wildman–Crippen MR) is 88.1 cm³/mol. The molecule has 0 bridgehead atoms. The van der Waals surface area contributed by atoms with Crippen molar-refractivity contribution >= 4 is 5.91 Å². The van der Waals surface area contributed by atoms with E-state index >= 15 is 0 Å². The monoisotopic (exact) mass is 319 g/mol. The molecule has 2 heterocycles. The third kappa shape index (κ3) is 4.14. The van der Waals surface area contributed by atoms with Gasteiger partial charge in [0.2, 0.25) is 5.91 Å². The van der Waals surface area contributed by atoms with E-state index in [1.807, 2.05) is 25.1 Å². The van der Waals surface area contributed by atoms with Crippen molar-refractivity contribution in [3.63, 3.8) is 0 Å². The summed E-state index contributed by atoms with van der Waals surface area (Å²) in [6, 6.07) is 5.90. The van der Waals surface area contributed by atoms with Crippen LogP contribution in [0.2, 0.25) is 0 Å². The fourth-order valence-corrected chi connectivity index (χ4v) is 2.96. The maximum absolute atomic E-state index is 12.2. The molecule has 2 aliphatic heterocycles. The molecule has 1 aromatic rings. The van der Waals surface area contributed by atoms with Crippen molar-refractivity contribution in [1.82, 2.24) is 15.5 Å². The van der Waals surface area contributed by atoms with Gasteiger partial charge in [0.1, 0.15) is 13.2 Å². The van der Waals surface area contributed by atoms with Gasteiger partial charge in [0, 0.05) is 32.7 Å². The standard InChI is InChI=1S/C17H25N3O3/c1-13(20-8-6-18-7-9-20)17(21)19-5-4-14-2-3-15-16(12-14)23-11-10-22-15/h2-3,12-13,18H,4-11H2,1H3,(H,19,21). The molecule has 3 rings (SSSR count). The van der Waals surface area contributed by atoms with Crippen LogP contribution in [0.1, 0.15) is 12.5 Å². The van der Waals surface area contributed by atoms with Gasteiger partial charge >= 0.3 is 0 Å². The van der Waals surface area contributed by atoms with Crippen molar-refractivity contribution < 1.29 is 14.3 Å². The fourth-order valence-electron chi connectivity index (χ4n) is 2.96. The van der Waals surface area contributed by atoms with Crippen LogP contribution in [-0.4, -0.2) is 62.8 Å². The molecule has 6 nitrogen and oxygen atoms in total. The van der Waals surface area contributed by atoms with E-state index in [1.54, 1.807) is 0 Å². The zero-order valence-electron chi connectivity index (χ0n) is 13.6. The lowest BCUT2D eigenvalue weighted by molar-refractivity contribution is -0.126. The van der Waals surface area contributed by atoms with Gasteiger partial charge in [0.15, 0.2) is 11.5 Å². The number of nitrogens with zero attached hydrogens (tertiary/aromatic N) is 1. The Morgan fingerprint density at radius 3 is 2.78 bits per heavy atom. The van der Waals surface area contributed by atoms with Gasteiger partial charge in [-0.3, -0.25) is 9.69 Å². The van der Waals surface area contributed by atoms with Crippen LogP contribution in [0.5, 0.6) is 11.5 Å². The summed E-state index contributed by atoms with van der Waals surface area (Å²) in [5, 5.41) is 6.34. The third-order valence-electron chi connectivity index (χ3n) is 4.40. The van der Waals surface area contributed by atoms with Gasteiger partial charge in [-0.1, -0.05) is 6.07 Å². The summed E-state index contributed by atoms with van der Waals surface area (Å²) in [6.07, 6.45) is 0.788. The summed E-state index contributed by atoms with van der Waals surface area (Å²) in [5.74, 6) is 1.70. The van der Waals surface area contributed by atoms with Crippen LogP contribution in [0, 0.1) is 0 Å². The van der Waals surface area contributed by atoms with E-state index in [0.29, 0.717) is 19.8 Å². The normalized spacial score (nSPS) is 19.2. The Balaban J connectivity index is 1.46. The molecule has 1 atom stereocenters. The van der Waals surface area contributed by atoms with Gasteiger partial charge in [-0.2, -0.15) is 0 Å². The van der Waals surface area contributed by atoms with Crippen molar-refractivity contribution in [2.75, 3.05) is 45.9 Å². The Kier molecular flexibility index (Phi) is 5.35. The number of carbonyl (C=O) groups is 1. The molecule has 1 fully saturated rings. The van der Waals surface area contributed by atoms with Crippen LogP contribution in [0.25, 0.3) is 0 Å². The van der Waals surface area contributed by atoms with Crippen molar-refractivity contribution in [2.24, 2.45) is 0 Å². The Labute approximate surface area is 137 Å². The van der Waals surface area contributed by atoms with Gasteiger partial charge in [0.25, 0.3) is 0 Å². The number of amides is 1. The van der Waals surface area contributed by atoms with Gasteiger partial charge in [0.05, 0.1) is 6.04 Å². The minimum absolute atomic E-state index is 0.0719. The van der Waals surface area contributed by atoms with Crippen molar-refractivity contribution in [1.29, 1.82) is 0 Å². The Morgan fingerprint density at radius 2 is 2.00 bits per heavy atom. The second-order valence-corrected chi connectivity index (χ2v) is 5.98. The van der Waals surface area contributed by atoms with Crippen LogP contribution in [0.15, 0.2) is 18.2 Å². The molecule has 23 heavy (non-hydrogen) atoms. The minimum atomic E-state index is -0.0719. The summed E-state index contributed by atoms with van der Waals surface area (Å²) < 4.78 is 11.1. The van der Waals surface area contributed by atoms with Crippen molar-refractivity contribution in [2.45, 2.75) is 19.4 Å². The number of carbonyl (C=O) groups excluding carboxylic acids is 1. The maximum atomic E-state index is 12.2. The third-order valence-corrected chi connectivity index (χ3v) is 4.40. The van der Waals surface area contributed by atoms with Crippen molar-refractivity contribution in [3.05, 3.63) is 23.8 Å². The van der Waals surface area contributed by atoms with E-state index in [0.717, 1.165) is 49.7 Å². The molecule has 126 valence electrons. The molecule has 6 heteroatoms. The average molecular weight is 319 g/mol. The van der Waals surface area contributed by atoms with Gasteiger partial charge in [-0.25, -0.2) is 0 Å². The van der Waals surface area contributed by atoms with Gasteiger partial charge in [-0.15, -0.1) is 0 Å². The molecule has 0 aliphatic carbocycles. The van der Waals surface area contributed by atoms with E-state index in [-0.39, 0.29) is 11.9 Å². The smallest absolute Gasteiger partial charge is 0.237 e. The fraction of sp³-hybridized carbons (Fsp3) is 0.588. The second kappa shape index (κ2) is 7.66. The van der Waals surface area contributed by atoms with E-state index < -0.39 is 0 Å². The topological polar surface area (TPSA) is 62.8 Å². The molecule has 1 amide bonds. The molecule has 0 saturated carbocycles. The van der Waals surface area contributed by atoms with Crippen LogP contribution >= 0.6 is 0 Å².